The van der Waals surface area contributed by atoms with E-state index in [0.717, 1.165) is 0 Å². The van der Waals surface area contributed by atoms with E-state index in [1.54, 1.807) is 17.0 Å². The second-order valence-electron chi connectivity index (χ2n) is 8.34. The SMILES string of the molecule is CC(C)C(NC(=O)Nc1ccccc1)C(=O)N1CCN(CC(=O)Nc2ccc(F)cc2)CC1. The van der Waals surface area contributed by atoms with E-state index >= 15 is 0 Å². The van der Waals surface area contributed by atoms with E-state index in [-0.39, 0.29) is 30.1 Å². The summed E-state index contributed by atoms with van der Waals surface area (Å²) in [6.07, 6.45) is 0. The van der Waals surface area contributed by atoms with Gasteiger partial charge in [0.25, 0.3) is 0 Å². The lowest BCUT2D eigenvalue weighted by atomic mass is 10.0. The van der Waals surface area contributed by atoms with E-state index in [0.29, 0.717) is 37.6 Å². The third-order valence-corrected chi connectivity index (χ3v) is 5.43. The molecular formula is C24H30FN5O3. The molecule has 1 atom stereocenters. The predicted octanol–water partition coefficient (Wildman–Crippen LogP) is 2.75. The largest absolute Gasteiger partial charge is 0.338 e. The molecule has 3 rings (SSSR count). The molecule has 1 fully saturated rings. The Morgan fingerprint density at radius 2 is 1.48 bits per heavy atom. The summed E-state index contributed by atoms with van der Waals surface area (Å²) in [6.45, 7) is 5.99. The molecule has 1 unspecified atom stereocenters. The van der Waals surface area contributed by atoms with Crippen LogP contribution in [-0.2, 0) is 9.59 Å². The lowest BCUT2D eigenvalue weighted by Gasteiger charge is -2.37. The van der Waals surface area contributed by atoms with Crippen LogP contribution in [0, 0.1) is 11.7 Å². The Morgan fingerprint density at radius 1 is 0.879 bits per heavy atom. The minimum absolute atomic E-state index is 0.0847. The quantitative estimate of drug-likeness (QED) is 0.599. The van der Waals surface area contributed by atoms with Gasteiger partial charge >= 0.3 is 6.03 Å². The molecule has 0 aromatic heterocycles. The number of hydrogen-bond donors (Lipinski definition) is 3. The van der Waals surface area contributed by atoms with Crippen molar-refractivity contribution < 1.29 is 18.8 Å². The summed E-state index contributed by atoms with van der Waals surface area (Å²) in [5, 5.41) is 8.28. The highest BCUT2D eigenvalue weighted by molar-refractivity contribution is 5.94. The van der Waals surface area contributed by atoms with Gasteiger partial charge in [-0.2, -0.15) is 0 Å². The highest BCUT2D eigenvalue weighted by atomic mass is 19.1. The van der Waals surface area contributed by atoms with Gasteiger partial charge in [0.05, 0.1) is 6.54 Å². The van der Waals surface area contributed by atoms with Crippen molar-refractivity contribution in [3.63, 3.8) is 0 Å². The van der Waals surface area contributed by atoms with Crippen LogP contribution in [0.1, 0.15) is 13.8 Å². The maximum Gasteiger partial charge on any atom is 0.319 e. The number of nitrogens with one attached hydrogen (secondary N) is 3. The van der Waals surface area contributed by atoms with Gasteiger partial charge in [-0.05, 0) is 42.3 Å². The van der Waals surface area contributed by atoms with Crippen LogP contribution >= 0.6 is 0 Å². The molecule has 0 spiro atoms. The first-order valence-corrected chi connectivity index (χ1v) is 11.0. The zero-order chi connectivity index (χ0) is 23.8. The van der Waals surface area contributed by atoms with Crippen molar-refractivity contribution in [3.05, 3.63) is 60.4 Å². The summed E-state index contributed by atoms with van der Waals surface area (Å²) in [4.78, 5) is 41.4. The number of urea groups is 1. The number of rotatable bonds is 7. The van der Waals surface area contributed by atoms with Crippen LogP contribution in [-0.4, -0.2) is 66.4 Å². The Kier molecular flexibility index (Phi) is 8.37. The van der Waals surface area contributed by atoms with Gasteiger partial charge in [0, 0.05) is 37.6 Å². The Morgan fingerprint density at radius 3 is 2.09 bits per heavy atom. The molecule has 4 amide bonds. The summed E-state index contributed by atoms with van der Waals surface area (Å²) in [6, 6.07) is 13.6. The summed E-state index contributed by atoms with van der Waals surface area (Å²) < 4.78 is 13.0. The van der Waals surface area contributed by atoms with Crippen LogP contribution < -0.4 is 16.0 Å². The van der Waals surface area contributed by atoms with Crippen molar-refractivity contribution in [1.82, 2.24) is 15.1 Å². The number of amides is 4. The zero-order valence-corrected chi connectivity index (χ0v) is 18.9. The Balaban J connectivity index is 1.47. The lowest BCUT2D eigenvalue weighted by Crippen LogP contribution is -2.57. The number of piperazine rings is 1. The molecule has 33 heavy (non-hydrogen) atoms. The van der Waals surface area contributed by atoms with Gasteiger partial charge in [0.2, 0.25) is 11.8 Å². The average molecular weight is 456 g/mol. The van der Waals surface area contributed by atoms with Crippen LogP contribution in [0.3, 0.4) is 0 Å². The molecule has 9 heteroatoms. The minimum Gasteiger partial charge on any atom is -0.338 e. The number of carbonyl (C=O) groups is 3. The van der Waals surface area contributed by atoms with Gasteiger partial charge in [0.15, 0.2) is 0 Å². The van der Waals surface area contributed by atoms with E-state index in [1.807, 2.05) is 36.9 Å². The molecule has 0 radical (unpaired) electrons. The molecule has 1 saturated heterocycles. The molecular weight excluding hydrogens is 425 g/mol. The molecule has 0 bridgehead atoms. The number of para-hydroxylation sites is 1. The van der Waals surface area contributed by atoms with Crippen molar-refractivity contribution in [2.75, 3.05) is 43.4 Å². The fraction of sp³-hybridized carbons (Fsp3) is 0.375. The highest BCUT2D eigenvalue weighted by Gasteiger charge is 2.31. The van der Waals surface area contributed by atoms with Crippen molar-refractivity contribution in [3.8, 4) is 0 Å². The maximum absolute atomic E-state index is 13.1. The predicted molar refractivity (Wildman–Crippen MR) is 125 cm³/mol. The van der Waals surface area contributed by atoms with E-state index in [4.69, 9.17) is 0 Å². The standard InChI is InChI=1S/C24H30FN5O3/c1-17(2)22(28-24(33)27-19-6-4-3-5-7-19)23(32)30-14-12-29(13-15-30)16-21(31)26-20-10-8-18(25)9-11-20/h3-11,17,22H,12-16H2,1-2H3,(H,26,31)(H2,27,28,33). The fourth-order valence-electron chi connectivity index (χ4n) is 3.60. The number of nitrogens with zero attached hydrogens (tertiary/aromatic N) is 2. The van der Waals surface area contributed by atoms with Crippen LogP contribution in [0.2, 0.25) is 0 Å². The summed E-state index contributed by atoms with van der Waals surface area (Å²) >= 11 is 0. The molecule has 1 aliphatic rings. The highest BCUT2D eigenvalue weighted by Crippen LogP contribution is 2.12. The Labute approximate surface area is 193 Å². The molecule has 3 N–H and O–H groups in total. The zero-order valence-electron chi connectivity index (χ0n) is 18.9. The topological polar surface area (TPSA) is 93.8 Å². The fourth-order valence-corrected chi connectivity index (χ4v) is 3.60. The van der Waals surface area contributed by atoms with Crippen LogP contribution in [0.4, 0.5) is 20.6 Å². The van der Waals surface area contributed by atoms with Crippen molar-refractivity contribution in [2.24, 2.45) is 5.92 Å². The Hall–Kier alpha value is -3.46. The summed E-state index contributed by atoms with van der Waals surface area (Å²) in [7, 11) is 0. The third-order valence-electron chi connectivity index (χ3n) is 5.43. The second-order valence-corrected chi connectivity index (χ2v) is 8.34. The normalized spacial score (nSPS) is 15.1. The van der Waals surface area contributed by atoms with Crippen molar-refractivity contribution >= 4 is 29.2 Å². The molecule has 2 aromatic carbocycles. The number of anilines is 2. The van der Waals surface area contributed by atoms with E-state index in [1.165, 1.54) is 24.3 Å². The smallest absolute Gasteiger partial charge is 0.319 e. The molecule has 0 aliphatic carbocycles. The first-order valence-electron chi connectivity index (χ1n) is 11.0. The van der Waals surface area contributed by atoms with Gasteiger partial charge in [-0.3, -0.25) is 14.5 Å². The molecule has 1 aliphatic heterocycles. The maximum atomic E-state index is 13.1. The van der Waals surface area contributed by atoms with Gasteiger partial charge < -0.3 is 20.9 Å². The number of carbonyl (C=O) groups excluding carboxylic acids is 3. The van der Waals surface area contributed by atoms with Gasteiger partial charge in [-0.1, -0.05) is 32.0 Å². The van der Waals surface area contributed by atoms with E-state index < -0.39 is 12.1 Å². The van der Waals surface area contributed by atoms with Crippen LogP contribution in [0.25, 0.3) is 0 Å². The monoisotopic (exact) mass is 455 g/mol. The van der Waals surface area contributed by atoms with Crippen LogP contribution in [0.15, 0.2) is 54.6 Å². The van der Waals surface area contributed by atoms with Gasteiger partial charge in [0.1, 0.15) is 11.9 Å². The van der Waals surface area contributed by atoms with Crippen LogP contribution in [0.5, 0.6) is 0 Å². The lowest BCUT2D eigenvalue weighted by molar-refractivity contribution is -0.136. The molecule has 176 valence electrons. The number of benzene rings is 2. The molecule has 8 nitrogen and oxygen atoms in total. The minimum atomic E-state index is -0.651. The van der Waals surface area contributed by atoms with Gasteiger partial charge in [-0.15, -0.1) is 0 Å². The van der Waals surface area contributed by atoms with E-state index in [9.17, 15) is 18.8 Å². The first-order chi connectivity index (χ1) is 15.8. The van der Waals surface area contributed by atoms with Crippen molar-refractivity contribution in [2.45, 2.75) is 19.9 Å². The van der Waals surface area contributed by atoms with Crippen molar-refractivity contribution in [1.29, 1.82) is 0 Å². The summed E-state index contributed by atoms with van der Waals surface area (Å²) in [5.74, 6) is -0.775. The van der Waals surface area contributed by atoms with E-state index in [2.05, 4.69) is 16.0 Å². The number of halogens is 1. The van der Waals surface area contributed by atoms with Gasteiger partial charge in [-0.25, -0.2) is 9.18 Å². The summed E-state index contributed by atoms with van der Waals surface area (Å²) in [5.41, 5.74) is 1.19. The molecule has 0 saturated carbocycles. The average Bonchev–Trinajstić information content (AvgIpc) is 2.79. The number of hydrogen-bond acceptors (Lipinski definition) is 4. The molecule has 2 aromatic rings. The first kappa shape index (κ1) is 24.2. The molecule has 1 heterocycles. The third kappa shape index (κ3) is 7.28. The second kappa shape index (κ2) is 11.4. The Bertz CT molecular complexity index is 944.